The normalized spacial score (nSPS) is 17.9. The number of thioether (sulfide) groups is 1. The largest absolute Gasteiger partial charge is 0.462 e. The number of ether oxygens (including phenoxy) is 1. The minimum atomic E-state index is -0.988. The third-order valence-electron chi connectivity index (χ3n) is 4.88. The van der Waals surface area contributed by atoms with Crippen LogP contribution in [-0.4, -0.2) is 35.0 Å². The van der Waals surface area contributed by atoms with Crippen LogP contribution in [0.4, 0.5) is 0 Å². The molecule has 8 nitrogen and oxygen atoms in total. The number of nitrogens with one attached hydrogen (secondary N) is 2. The maximum absolute atomic E-state index is 12.7. The van der Waals surface area contributed by atoms with E-state index in [-0.39, 0.29) is 34.4 Å². The first-order valence-corrected chi connectivity index (χ1v) is 9.96. The van der Waals surface area contributed by atoms with Gasteiger partial charge in [-0.3, -0.25) is 9.59 Å². The Bertz CT molecular complexity index is 991. The molecular weight excluding hydrogens is 392 g/mol. The van der Waals surface area contributed by atoms with Crippen molar-refractivity contribution in [3.8, 4) is 12.1 Å². The van der Waals surface area contributed by atoms with Crippen LogP contribution in [0.3, 0.4) is 0 Å². The predicted molar refractivity (Wildman–Crippen MR) is 107 cm³/mol. The Morgan fingerprint density at radius 1 is 1.28 bits per heavy atom. The highest BCUT2D eigenvalue weighted by Crippen LogP contribution is 2.41. The molecule has 2 rings (SSSR count). The number of allylic oxidation sites excluding steroid dienone is 1. The summed E-state index contributed by atoms with van der Waals surface area (Å²) in [6, 6.07) is 3.99. The highest BCUT2D eigenvalue weighted by atomic mass is 32.2. The number of carbonyl (C=O) groups excluding carboxylic acids is 3. The summed E-state index contributed by atoms with van der Waals surface area (Å²) >= 11 is 1.02. The average molecular weight is 414 g/mol. The van der Waals surface area contributed by atoms with Crippen molar-refractivity contribution in [3.63, 3.8) is 0 Å². The smallest absolute Gasteiger partial charge is 0.340 e. The molecule has 29 heavy (non-hydrogen) atoms. The number of nitriles is 2. The Morgan fingerprint density at radius 2 is 1.93 bits per heavy atom. The fourth-order valence-electron chi connectivity index (χ4n) is 3.28. The first-order valence-electron chi connectivity index (χ1n) is 8.97. The van der Waals surface area contributed by atoms with E-state index < -0.39 is 23.2 Å². The fraction of sp³-hybridized carbons (Fsp3) is 0.450. The van der Waals surface area contributed by atoms with Crippen LogP contribution in [0.25, 0.3) is 0 Å². The minimum absolute atomic E-state index is 0.0584. The lowest BCUT2D eigenvalue weighted by molar-refractivity contribution is -0.125. The highest BCUT2D eigenvalue weighted by molar-refractivity contribution is 8.03. The molecule has 1 amide bonds. The quantitative estimate of drug-likeness (QED) is 0.539. The minimum Gasteiger partial charge on any atom is -0.462 e. The summed E-state index contributed by atoms with van der Waals surface area (Å²) in [4.78, 5) is 40.0. The van der Waals surface area contributed by atoms with Gasteiger partial charge in [0.05, 0.1) is 46.4 Å². The monoisotopic (exact) mass is 414 g/mol. The molecule has 0 saturated heterocycles. The number of hydrogen-bond donors (Lipinski definition) is 2. The standard InChI is InChI=1S/C20H22N4O4S/c1-6-28-19(27)15-10(2)16(23-11(15)3)14(25)9-29-18-13(8-22)20(4,5)12(7-21)17(26)24-18/h12,23H,6,9H2,1-5H3,(H,24,26)/t12-/m1/s1. The Morgan fingerprint density at radius 3 is 2.48 bits per heavy atom. The first kappa shape index (κ1) is 22.3. The van der Waals surface area contributed by atoms with E-state index >= 15 is 0 Å². The maximum Gasteiger partial charge on any atom is 0.340 e. The van der Waals surface area contributed by atoms with Crippen molar-refractivity contribution in [2.45, 2.75) is 34.6 Å². The summed E-state index contributed by atoms with van der Waals surface area (Å²) in [5.74, 6) is -2.33. The number of Topliss-reactive ketones (excluding diaryl/α,β-unsaturated/α-hetero) is 1. The number of carbonyl (C=O) groups is 3. The number of amides is 1. The van der Waals surface area contributed by atoms with Gasteiger partial charge in [-0.05, 0) is 26.3 Å². The van der Waals surface area contributed by atoms with Gasteiger partial charge in [0.1, 0.15) is 5.92 Å². The number of rotatable bonds is 6. The summed E-state index contributed by atoms with van der Waals surface area (Å²) in [6.07, 6.45) is 0. The maximum atomic E-state index is 12.7. The van der Waals surface area contributed by atoms with Crippen LogP contribution in [0.1, 0.15) is 52.9 Å². The molecule has 2 heterocycles. The van der Waals surface area contributed by atoms with Gasteiger partial charge >= 0.3 is 5.97 Å². The molecule has 0 aromatic carbocycles. The van der Waals surface area contributed by atoms with Crippen molar-refractivity contribution in [1.29, 1.82) is 10.5 Å². The van der Waals surface area contributed by atoms with Gasteiger partial charge < -0.3 is 15.0 Å². The van der Waals surface area contributed by atoms with E-state index in [1.54, 1.807) is 34.6 Å². The molecule has 1 aliphatic heterocycles. The second-order valence-corrected chi connectivity index (χ2v) is 8.13. The zero-order valence-corrected chi connectivity index (χ0v) is 17.7. The highest BCUT2D eigenvalue weighted by Gasteiger charge is 2.44. The van der Waals surface area contributed by atoms with Gasteiger partial charge in [-0.2, -0.15) is 10.5 Å². The number of aryl methyl sites for hydroxylation is 1. The number of nitrogens with zero attached hydrogens (tertiary/aromatic N) is 2. The number of ketones is 1. The predicted octanol–water partition coefficient (Wildman–Crippen LogP) is 2.76. The van der Waals surface area contributed by atoms with Crippen LogP contribution in [-0.2, 0) is 9.53 Å². The van der Waals surface area contributed by atoms with Gasteiger partial charge in [0.25, 0.3) is 0 Å². The van der Waals surface area contributed by atoms with Crippen molar-refractivity contribution in [1.82, 2.24) is 10.3 Å². The van der Waals surface area contributed by atoms with Crippen LogP contribution >= 0.6 is 11.8 Å². The number of hydrogen-bond acceptors (Lipinski definition) is 7. The summed E-state index contributed by atoms with van der Waals surface area (Å²) < 4.78 is 5.03. The van der Waals surface area contributed by atoms with E-state index in [2.05, 4.69) is 16.4 Å². The number of esters is 1. The molecule has 0 saturated carbocycles. The van der Waals surface area contributed by atoms with Crippen LogP contribution in [0.2, 0.25) is 0 Å². The van der Waals surface area contributed by atoms with Crippen molar-refractivity contribution >= 4 is 29.4 Å². The van der Waals surface area contributed by atoms with Gasteiger partial charge in [-0.15, -0.1) is 0 Å². The van der Waals surface area contributed by atoms with Crippen LogP contribution in [0.15, 0.2) is 10.6 Å². The molecule has 0 unspecified atom stereocenters. The summed E-state index contributed by atoms with van der Waals surface area (Å²) in [5, 5.41) is 21.7. The molecule has 1 aromatic rings. The van der Waals surface area contributed by atoms with Gasteiger partial charge in [0.2, 0.25) is 5.91 Å². The topological polar surface area (TPSA) is 136 Å². The van der Waals surface area contributed by atoms with E-state index in [1.165, 1.54) is 0 Å². The van der Waals surface area contributed by atoms with Crippen molar-refractivity contribution in [2.24, 2.45) is 11.3 Å². The average Bonchev–Trinajstić information content (AvgIpc) is 2.93. The number of H-pyrrole nitrogens is 1. The molecule has 1 aliphatic rings. The van der Waals surface area contributed by atoms with E-state index in [0.29, 0.717) is 16.8 Å². The lowest BCUT2D eigenvalue weighted by Gasteiger charge is -2.34. The molecular formula is C20H22N4O4S. The molecule has 152 valence electrons. The van der Waals surface area contributed by atoms with Gasteiger partial charge in [0, 0.05) is 11.1 Å². The Balaban J connectivity index is 2.28. The molecule has 0 aliphatic carbocycles. The van der Waals surface area contributed by atoms with Crippen LogP contribution in [0.5, 0.6) is 0 Å². The lowest BCUT2D eigenvalue weighted by Crippen LogP contribution is -2.44. The Kier molecular flexibility index (Phi) is 6.55. The molecule has 1 aromatic heterocycles. The molecule has 2 N–H and O–H groups in total. The summed E-state index contributed by atoms with van der Waals surface area (Å²) in [6.45, 7) is 8.60. The van der Waals surface area contributed by atoms with Crippen LogP contribution < -0.4 is 5.32 Å². The lowest BCUT2D eigenvalue weighted by atomic mass is 9.72. The fourth-order valence-corrected chi connectivity index (χ4v) is 4.33. The van der Waals surface area contributed by atoms with E-state index in [4.69, 9.17) is 4.74 Å². The van der Waals surface area contributed by atoms with Crippen LogP contribution in [0, 0.1) is 47.8 Å². The molecule has 0 fully saturated rings. The zero-order chi connectivity index (χ0) is 21.9. The van der Waals surface area contributed by atoms with Crippen molar-refractivity contribution in [2.75, 3.05) is 12.4 Å². The third-order valence-corrected chi connectivity index (χ3v) is 5.88. The first-order chi connectivity index (χ1) is 13.6. The van der Waals surface area contributed by atoms with Gasteiger partial charge in [0.15, 0.2) is 5.78 Å². The summed E-state index contributed by atoms with van der Waals surface area (Å²) in [7, 11) is 0. The molecule has 0 spiro atoms. The number of aromatic nitrogens is 1. The van der Waals surface area contributed by atoms with Crippen molar-refractivity contribution in [3.05, 3.63) is 33.1 Å². The Hall–Kier alpha value is -3.04. The van der Waals surface area contributed by atoms with Crippen molar-refractivity contribution < 1.29 is 19.1 Å². The second kappa shape index (κ2) is 8.54. The SMILES string of the molecule is CCOC(=O)c1c(C)[nH]c(C(=O)CSC2=C(C#N)C(C)(C)[C@H](C#N)C(=O)N2)c1C. The molecule has 1 atom stereocenters. The molecule has 0 bridgehead atoms. The zero-order valence-electron chi connectivity index (χ0n) is 16.9. The van der Waals surface area contributed by atoms with Gasteiger partial charge in [-0.25, -0.2) is 4.79 Å². The molecule has 9 heteroatoms. The Labute approximate surface area is 173 Å². The van der Waals surface area contributed by atoms with E-state index in [9.17, 15) is 24.9 Å². The summed E-state index contributed by atoms with van der Waals surface area (Å²) in [5.41, 5.74) is 0.948. The van der Waals surface area contributed by atoms with Gasteiger partial charge in [-0.1, -0.05) is 25.6 Å². The third kappa shape index (κ3) is 4.06. The van der Waals surface area contributed by atoms with E-state index in [0.717, 1.165) is 11.8 Å². The van der Waals surface area contributed by atoms with E-state index in [1.807, 2.05) is 6.07 Å². The number of aromatic amines is 1. The second-order valence-electron chi connectivity index (χ2n) is 7.15. The molecule has 0 radical (unpaired) electrons.